The van der Waals surface area contributed by atoms with E-state index in [1.165, 1.54) is 11.3 Å². The number of amides is 1. The van der Waals surface area contributed by atoms with E-state index in [1.807, 2.05) is 37.8 Å². The van der Waals surface area contributed by atoms with Gasteiger partial charge in [0.05, 0.1) is 10.7 Å². The van der Waals surface area contributed by atoms with Crippen molar-refractivity contribution in [3.63, 3.8) is 0 Å². The van der Waals surface area contributed by atoms with Crippen molar-refractivity contribution in [2.24, 2.45) is 0 Å². The van der Waals surface area contributed by atoms with Crippen molar-refractivity contribution in [3.8, 4) is 11.4 Å². The molecule has 146 valence electrons. The second-order valence-electron chi connectivity index (χ2n) is 6.70. The standard InChI is InChI=1S/C19H22N6O2S/c1-4-16-22-18(23-27-16)14-5-6-15(20-11-14)24-7-9-25(10-8-24)19(26)17-12(2)21-13(3)28-17/h5-6,11H,4,7-10H2,1-3H3. The second kappa shape index (κ2) is 7.67. The highest BCUT2D eigenvalue weighted by Gasteiger charge is 2.25. The molecule has 0 bridgehead atoms. The Morgan fingerprint density at radius 3 is 2.54 bits per heavy atom. The number of pyridine rings is 1. The molecular formula is C19H22N6O2S. The van der Waals surface area contributed by atoms with Gasteiger partial charge in [-0.15, -0.1) is 11.3 Å². The first-order chi connectivity index (χ1) is 13.5. The predicted molar refractivity (Wildman–Crippen MR) is 107 cm³/mol. The molecule has 0 radical (unpaired) electrons. The fourth-order valence-electron chi connectivity index (χ4n) is 3.23. The van der Waals surface area contributed by atoms with Gasteiger partial charge in [-0.25, -0.2) is 9.97 Å². The first kappa shape index (κ1) is 18.5. The summed E-state index contributed by atoms with van der Waals surface area (Å²) in [6.45, 7) is 8.63. The highest BCUT2D eigenvalue weighted by molar-refractivity contribution is 7.13. The van der Waals surface area contributed by atoms with Crippen LogP contribution in [0.25, 0.3) is 11.4 Å². The lowest BCUT2D eigenvalue weighted by molar-refractivity contribution is 0.0750. The smallest absolute Gasteiger partial charge is 0.265 e. The van der Waals surface area contributed by atoms with E-state index in [1.54, 1.807) is 6.20 Å². The molecule has 3 aromatic heterocycles. The number of carbonyl (C=O) groups is 1. The monoisotopic (exact) mass is 398 g/mol. The third-order valence-corrected chi connectivity index (χ3v) is 5.83. The molecule has 0 N–H and O–H groups in total. The average Bonchev–Trinajstić information content (AvgIpc) is 3.34. The van der Waals surface area contributed by atoms with Gasteiger partial charge in [0.1, 0.15) is 10.7 Å². The molecule has 1 fully saturated rings. The molecule has 3 aromatic rings. The SMILES string of the molecule is CCc1nc(-c2ccc(N3CCN(C(=O)c4sc(C)nc4C)CC3)nc2)no1. The Bertz CT molecular complexity index is 973. The number of anilines is 1. The number of hydrogen-bond acceptors (Lipinski definition) is 8. The molecule has 4 heterocycles. The number of aryl methyl sites for hydroxylation is 3. The number of hydrogen-bond donors (Lipinski definition) is 0. The number of rotatable bonds is 4. The Hall–Kier alpha value is -2.81. The van der Waals surface area contributed by atoms with Crippen molar-refractivity contribution < 1.29 is 9.32 Å². The molecule has 1 aliphatic rings. The van der Waals surface area contributed by atoms with Crippen LogP contribution < -0.4 is 4.90 Å². The van der Waals surface area contributed by atoms with Crippen molar-refractivity contribution in [2.75, 3.05) is 31.1 Å². The zero-order chi connectivity index (χ0) is 19.7. The maximum Gasteiger partial charge on any atom is 0.265 e. The van der Waals surface area contributed by atoms with Crippen molar-refractivity contribution in [1.82, 2.24) is 25.0 Å². The van der Waals surface area contributed by atoms with Gasteiger partial charge in [0.2, 0.25) is 11.7 Å². The summed E-state index contributed by atoms with van der Waals surface area (Å²) in [4.78, 5) is 30.8. The molecule has 9 heteroatoms. The largest absolute Gasteiger partial charge is 0.353 e. The molecule has 0 atom stereocenters. The van der Waals surface area contributed by atoms with Crippen LogP contribution in [0.2, 0.25) is 0 Å². The van der Waals surface area contributed by atoms with Crippen molar-refractivity contribution in [2.45, 2.75) is 27.2 Å². The molecule has 0 spiro atoms. The molecule has 0 aromatic carbocycles. The van der Waals surface area contributed by atoms with Gasteiger partial charge in [0.15, 0.2) is 0 Å². The quantitative estimate of drug-likeness (QED) is 0.668. The van der Waals surface area contributed by atoms with Gasteiger partial charge in [-0.2, -0.15) is 4.98 Å². The zero-order valence-corrected chi connectivity index (χ0v) is 17.0. The van der Waals surface area contributed by atoms with Crippen LogP contribution in [-0.2, 0) is 6.42 Å². The van der Waals surface area contributed by atoms with Gasteiger partial charge in [-0.3, -0.25) is 4.79 Å². The van der Waals surface area contributed by atoms with E-state index < -0.39 is 0 Å². The number of aromatic nitrogens is 4. The maximum atomic E-state index is 12.7. The van der Waals surface area contributed by atoms with Crippen LogP contribution in [0.1, 0.15) is 33.2 Å². The molecule has 1 saturated heterocycles. The summed E-state index contributed by atoms with van der Waals surface area (Å²) in [7, 11) is 0. The van der Waals surface area contributed by atoms with E-state index in [-0.39, 0.29) is 5.91 Å². The highest BCUT2D eigenvalue weighted by atomic mass is 32.1. The summed E-state index contributed by atoms with van der Waals surface area (Å²) in [6, 6.07) is 3.92. The van der Waals surface area contributed by atoms with E-state index in [2.05, 4.69) is 25.0 Å². The summed E-state index contributed by atoms with van der Waals surface area (Å²) in [6.07, 6.45) is 2.47. The van der Waals surface area contributed by atoms with Crippen LogP contribution in [0.3, 0.4) is 0 Å². The Morgan fingerprint density at radius 2 is 1.96 bits per heavy atom. The maximum absolute atomic E-state index is 12.7. The third-order valence-electron chi connectivity index (χ3n) is 4.77. The minimum absolute atomic E-state index is 0.0786. The van der Waals surface area contributed by atoms with Crippen LogP contribution >= 0.6 is 11.3 Å². The first-order valence-corrected chi connectivity index (χ1v) is 10.1. The first-order valence-electron chi connectivity index (χ1n) is 9.32. The molecule has 1 aliphatic heterocycles. The van der Waals surface area contributed by atoms with Crippen molar-refractivity contribution in [1.29, 1.82) is 0 Å². The minimum Gasteiger partial charge on any atom is -0.353 e. The van der Waals surface area contributed by atoms with Gasteiger partial charge in [0.25, 0.3) is 5.91 Å². The lowest BCUT2D eigenvalue weighted by Crippen LogP contribution is -2.49. The number of piperazine rings is 1. The molecule has 8 nitrogen and oxygen atoms in total. The molecule has 0 aliphatic carbocycles. The topological polar surface area (TPSA) is 88.3 Å². The normalized spacial score (nSPS) is 14.5. The molecule has 0 saturated carbocycles. The molecule has 1 amide bonds. The lowest BCUT2D eigenvalue weighted by atomic mass is 10.2. The highest BCUT2D eigenvalue weighted by Crippen LogP contribution is 2.22. The Labute approximate surface area is 167 Å². The summed E-state index contributed by atoms with van der Waals surface area (Å²) in [5.41, 5.74) is 1.65. The minimum atomic E-state index is 0.0786. The molecule has 0 unspecified atom stereocenters. The van der Waals surface area contributed by atoms with Crippen LogP contribution in [-0.4, -0.2) is 57.1 Å². The fourth-order valence-corrected chi connectivity index (χ4v) is 4.12. The van der Waals surface area contributed by atoms with Crippen LogP contribution in [0.15, 0.2) is 22.9 Å². The Kier molecular flexibility index (Phi) is 5.08. The van der Waals surface area contributed by atoms with Crippen LogP contribution in [0.5, 0.6) is 0 Å². The lowest BCUT2D eigenvalue weighted by Gasteiger charge is -2.35. The van der Waals surface area contributed by atoms with E-state index >= 15 is 0 Å². The Balaban J connectivity index is 1.39. The van der Waals surface area contributed by atoms with Crippen molar-refractivity contribution in [3.05, 3.63) is 39.8 Å². The van der Waals surface area contributed by atoms with E-state index in [0.717, 1.165) is 40.0 Å². The second-order valence-corrected chi connectivity index (χ2v) is 7.90. The third kappa shape index (κ3) is 3.62. The fraction of sp³-hybridized carbons (Fsp3) is 0.421. The van der Waals surface area contributed by atoms with Crippen LogP contribution in [0.4, 0.5) is 5.82 Å². The van der Waals surface area contributed by atoms with Gasteiger partial charge in [-0.05, 0) is 26.0 Å². The number of carbonyl (C=O) groups excluding carboxylic acids is 1. The van der Waals surface area contributed by atoms with Gasteiger partial charge in [0, 0.05) is 44.4 Å². The summed E-state index contributed by atoms with van der Waals surface area (Å²) < 4.78 is 5.15. The van der Waals surface area contributed by atoms with E-state index in [0.29, 0.717) is 31.2 Å². The average molecular weight is 398 g/mol. The van der Waals surface area contributed by atoms with Gasteiger partial charge >= 0.3 is 0 Å². The molecule has 4 rings (SSSR count). The zero-order valence-electron chi connectivity index (χ0n) is 16.2. The van der Waals surface area contributed by atoms with E-state index in [4.69, 9.17) is 4.52 Å². The van der Waals surface area contributed by atoms with Crippen molar-refractivity contribution >= 4 is 23.1 Å². The summed E-state index contributed by atoms with van der Waals surface area (Å²) in [5.74, 6) is 2.14. The number of thiazole rings is 1. The van der Waals surface area contributed by atoms with Gasteiger partial charge in [-0.1, -0.05) is 12.1 Å². The summed E-state index contributed by atoms with van der Waals surface area (Å²) in [5, 5.41) is 4.91. The van der Waals surface area contributed by atoms with Crippen LogP contribution in [0, 0.1) is 13.8 Å². The van der Waals surface area contributed by atoms with Gasteiger partial charge < -0.3 is 14.3 Å². The summed E-state index contributed by atoms with van der Waals surface area (Å²) >= 11 is 1.47. The Morgan fingerprint density at radius 1 is 1.18 bits per heavy atom. The molecular weight excluding hydrogens is 376 g/mol. The molecule has 28 heavy (non-hydrogen) atoms. The predicted octanol–water partition coefficient (Wildman–Crippen LogP) is 2.73. The number of nitrogens with zero attached hydrogens (tertiary/aromatic N) is 6. The van der Waals surface area contributed by atoms with E-state index in [9.17, 15) is 4.79 Å².